The first kappa shape index (κ1) is 15.1. The van der Waals surface area contributed by atoms with Gasteiger partial charge in [0.1, 0.15) is 10.3 Å². The number of aromatic nitrogens is 1. The Kier molecular flexibility index (Phi) is 4.23. The number of carbonyl (C=O) groups excluding carboxylic acids is 1. The molecule has 1 fully saturated rings. The number of thiophene rings is 1. The predicted molar refractivity (Wildman–Crippen MR) is 84.1 cm³/mol. The number of carbonyl (C=O) groups is 1. The van der Waals surface area contributed by atoms with Crippen molar-refractivity contribution in [3.63, 3.8) is 0 Å². The van der Waals surface area contributed by atoms with E-state index in [0.29, 0.717) is 25.1 Å². The van der Waals surface area contributed by atoms with Crippen LogP contribution in [0.2, 0.25) is 0 Å². The lowest BCUT2D eigenvalue weighted by atomic mass is 10.2. The maximum Gasteiger partial charge on any atom is 0.253 e. The van der Waals surface area contributed by atoms with E-state index in [1.54, 1.807) is 35.8 Å². The van der Waals surface area contributed by atoms with Gasteiger partial charge in [0, 0.05) is 12.7 Å². The highest BCUT2D eigenvalue weighted by molar-refractivity contribution is 7.91. The molecule has 6 nitrogen and oxygen atoms in total. The van der Waals surface area contributed by atoms with E-state index in [2.05, 4.69) is 10.3 Å². The summed E-state index contributed by atoms with van der Waals surface area (Å²) < 4.78 is 26.8. The molecule has 22 heavy (non-hydrogen) atoms. The molecular formula is C14H15N3O3S2. The minimum Gasteiger partial charge on any atom is -0.323 e. The molecule has 2 aromatic heterocycles. The van der Waals surface area contributed by atoms with Gasteiger partial charge in [-0.15, -0.1) is 11.3 Å². The Hall–Kier alpha value is -1.77. The fourth-order valence-corrected chi connectivity index (χ4v) is 5.25. The van der Waals surface area contributed by atoms with Gasteiger partial charge in [-0.3, -0.25) is 9.78 Å². The van der Waals surface area contributed by atoms with Gasteiger partial charge in [-0.2, -0.15) is 4.31 Å². The highest BCUT2D eigenvalue weighted by atomic mass is 32.2. The molecule has 0 aromatic carbocycles. The van der Waals surface area contributed by atoms with Crippen molar-refractivity contribution in [2.24, 2.45) is 0 Å². The van der Waals surface area contributed by atoms with Gasteiger partial charge in [-0.25, -0.2) is 8.42 Å². The zero-order chi connectivity index (χ0) is 15.6. The minimum atomic E-state index is -3.61. The van der Waals surface area contributed by atoms with Crippen molar-refractivity contribution >= 4 is 33.0 Å². The summed E-state index contributed by atoms with van der Waals surface area (Å²) in [5.41, 5.74) is 0.563. The minimum absolute atomic E-state index is 0.272. The molecule has 1 aliphatic rings. The van der Waals surface area contributed by atoms with Crippen LogP contribution in [0.4, 0.5) is 5.69 Å². The summed E-state index contributed by atoms with van der Waals surface area (Å²) in [6, 6.07) is 6.02. The van der Waals surface area contributed by atoms with E-state index in [0.717, 1.165) is 11.3 Å². The van der Waals surface area contributed by atoms with Crippen molar-refractivity contribution in [1.82, 2.24) is 9.29 Å². The van der Waals surface area contributed by atoms with Crippen molar-refractivity contribution in [2.75, 3.05) is 11.9 Å². The molecule has 1 atom stereocenters. The van der Waals surface area contributed by atoms with Crippen LogP contribution in [0, 0.1) is 0 Å². The molecule has 1 saturated heterocycles. The molecule has 1 aliphatic heterocycles. The fraction of sp³-hybridized carbons (Fsp3) is 0.286. The third-order valence-corrected chi connectivity index (χ3v) is 6.77. The Labute approximate surface area is 132 Å². The Balaban J connectivity index is 1.80. The second kappa shape index (κ2) is 6.15. The monoisotopic (exact) mass is 337 g/mol. The van der Waals surface area contributed by atoms with Crippen molar-refractivity contribution in [1.29, 1.82) is 0 Å². The third kappa shape index (κ3) is 2.90. The van der Waals surface area contributed by atoms with E-state index in [9.17, 15) is 13.2 Å². The molecule has 3 heterocycles. The average molecular weight is 337 g/mol. The largest absolute Gasteiger partial charge is 0.323 e. The molecule has 8 heteroatoms. The first-order chi connectivity index (χ1) is 10.6. The van der Waals surface area contributed by atoms with E-state index < -0.39 is 16.1 Å². The van der Waals surface area contributed by atoms with Gasteiger partial charge in [0.25, 0.3) is 10.0 Å². The van der Waals surface area contributed by atoms with Gasteiger partial charge < -0.3 is 5.32 Å². The maximum absolute atomic E-state index is 12.6. The molecule has 2 aromatic rings. The smallest absolute Gasteiger partial charge is 0.253 e. The quantitative estimate of drug-likeness (QED) is 0.924. The molecule has 116 valence electrons. The molecule has 3 rings (SSSR count). The average Bonchev–Trinajstić information content (AvgIpc) is 3.20. The van der Waals surface area contributed by atoms with Gasteiger partial charge in [0.2, 0.25) is 5.91 Å². The lowest BCUT2D eigenvalue weighted by molar-refractivity contribution is -0.119. The van der Waals surface area contributed by atoms with Gasteiger partial charge in [0.15, 0.2) is 0 Å². The van der Waals surface area contributed by atoms with Crippen molar-refractivity contribution in [3.05, 3.63) is 42.0 Å². The van der Waals surface area contributed by atoms with Gasteiger partial charge in [0.05, 0.1) is 11.9 Å². The number of amides is 1. The molecule has 0 aliphatic carbocycles. The lowest BCUT2D eigenvalue weighted by Crippen LogP contribution is -2.42. The number of pyridine rings is 1. The standard InChI is InChI=1S/C14H15N3O3S2/c18-14(16-11-4-1-7-15-10-11)12-5-2-8-17(12)22(19,20)13-6-3-9-21-13/h1,3-4,6-7,9-10,12H,2,5,8H2,(H,16,18)/t12-/m0/s1. The van der Waals surface area contributed by atoms with Crippen LogP contribution in [-0.4, -0.2) is 36.2 Å². The molecular weight excluding hydrogens is 322 g/mol. The number of rotatable bonds is 4. The number of sulfonamides is 1. The Morgan fingerprint density at radius 1 is 1.36 bits per heavy atom. The van der Waals surface area contributed by atoms with E-state index in [1.165, 1.54) is 10.5 Å². The normalized spacial score (nSPS) is 19.2. The van der Waals surface area contributed by atoms with E-state index in [4.69, 9.17) is 0 Å². The van der Waals surface area contributed by atoms with Crippen LogP contribution in [0.25, 0.3) is 0 Å². The number of anilines is 1. The zero-order valence-corrected chi connectivity index (χ0v) is 13.3. The third-order valence-electron chi connectivity index (χ3n) is 3.49. The molecule has 1 N–H and O–H groups in total. The first-order valence-electron chi connectivity index (χ1n) is 6.85. The molecule has 0 saturated carbocycles. The Morgan fingerprint density at radius 3 is 2.91 bits per heavy atom. The van der Waals surface area contributed by atoms with Gasteiger partial charge >= 0.3 is 0 Å². The van der Waals surface area contributed by atoms with Crippen LogP contribution in [0.5, 0.6) is 0 Å². The predicted octanol–water partition coefficient (Wildman–Crippen LogP) is 1.93. The highest BCUT2D eigenvalue weighted by Gasteiger charge is 2.39. The summed E-state index contributed by atoms with van der Waals surface area (Å²) in [7, 11) is -3.61. The van der Waals surface area contributed by atoms with E-state index in [1.807, 2.05) is 0 Å². The van der Waals surface area contributed by atoms with Crippen LogP contribution in [0.3, 0.4) is 0 Å². The van der Waals surface area contributed by atoms with Crippen LogP contribution in [-0.2, 0) is 14.8 Å². The topological polar surface area (TPSA) is 79.4 Å². The number of nitrogens with one attached hydrogen (secondary N) is 1. The number of hydrogen-bond donors (Lipinski definition) is 1. The van der Waals surface area contributed by atoms with Crippen LogP contribution in [0.1, 0.15) is 12.8 Å². The summed E-state index contributed by atoms with van der Waals surface area (Å²) in [6.45, 7) is 0.366. The van der Waals surface area contributed by atoms with Crippen molar-refractivity contribution < 1.29 is 13.2 Å². The van der Waals surface area contributed by atoms with Gasteiger partial charge in [-0.1, -0.05) is 6.07 Å². The molecule has 0 unspecified atom stereocenters. The second-order valence-electron chi connectivity index (χ2n) is 4.94. The van der Waals surface area contributed by atoms with Gasteiger partial charge in [-0.05, 0) is 36.4 Å². The number of hydrogen-bond acceptors (Lipinski definition) is 5. The second-order valence-corrected chi connectivity index (χ2v) is 8.00. The fourth-order valence-electron chi connectivity index (χ4n) is 2.48. The molecule has 0 bridgehead atoms. The molecule has 1 amide bonds. The van der Waals surface area contributed by atoms with Crippen LogP contribution < -0.4 is 5.32 Å². The number of nitrogens with zero attached hydrogens (tertiary/aromatic N) is 2. The lowest BCUT2D eigenvalue weighted by Gasteiger charge is -2.22. The SMILES string of the molecule is O=C(Nc1cccnc1)[C@@H]1CCCN1S(=O)(=O)c1cccs1. The summed E-state index contributed by atoms with van der Waals surface area (Å²) in [5.74, 6) is -0.314. The van der Waals surface area contributed by atoms with E-state index >= 15 is 0 Å². The maximum atomic E-state index is 12.6. The van der Waals surface area contributed by atoms with Crippen molar-refractivity contribution in [3.8, 4) is 0 Å². The van der Waals surface area contributed by atoms with Crippen LogP contribution in [0.15, 0.2) is 46.2 Å². The van der Waals surface area contributed by atoms with Crippen molar-refractivity contribution in [2.45, 2.75) is 23.1 Å². The summed E-state index contributed by atoms with van der Waals surface area (Å²) in [6.07, 6.45) is 4.34. The van der Waals surface area contributed by atoms with Crippen LogP contribution >= 0.6 is 11.3 Å². The summed E-state index contributed by atoms with van der Waals surface area (Å²) in [4.78, 5) is 16.3. The molecule has 0 spiro atoms. The highest BCUT2D eigenvalue weighted by Crippen LogP contribution is 2.29. The Morgan fingerprint density at radius 2 is 2.23 bits per heavy atom. The summed E-state index contributed by atoms with van der Waals surface area (Å²) >= 11 is 1.16. The molecule has 0 radical (unpaired) electrons. The zero-order valence-electron chi connectivity index (χ0n) is 11.7. The Bertz CT molecular complexity index is 745. The first-order valence-corrected chi connectivity index (χ1v) is 9.17. The van der Waals surface area contributed by atoms with E-state index in [-0.39, 0.29) is 10.1 Å². The summed E-state index contributed by atoms with van der Waals surface area (Å²) in [5, 5.41) is 4.44.